The van der Waals surface area contributed by atoms with Gasteiger partial charge in [-0.1, -0.05) is 0 Å². The Kier molecular flexibility index (Phi) is 3.90. The van der Waals surface area contributed by atoms with Gasteiger partial charge in [0.05, 0.1) is 0 Å². The van der Waals surface area contributed by atoms with Crippen LogP contribution in [0.3, 0.4) is 0 Å². The molecular weight excluding hydrogens is 168 g/mol. The summed E-state index contributed by atoms with van der Waals surface area (Å²) in [5, 5.41) is 2.22. The van der Waals surface area contributed by atoms with Crippen LogP contribution in [0.15, 0.2) is 18.5 Å². The minimum atomic E-state index is -0.661. The molecule has 0 atom stereocenters. The van der Waals surface area contributed by atoms with Gasteiger partial charge in [-0.2, -0.15) is 0 Å². The Balaban J connectivity index is 0.000001000. The Morgan fingerprint density at radius 3 is 2.45 bits per heavy atom. The highest BCUT2D eigenvalue weighted by Gasteiger charge is 1.94. The average Bonchev–Trinajstić information content (AvgIpc) is 1.88. The van der Waals surface area contributed by atoms with E-state index < -0.39 is 6.03 Å². The van der Waals surface area contributed by atoms with Crippen molar-refractivity contribution in [3.8, 4) is 0 Å². The topological polar surface area (TPSA) is 80.9 Å². The van der Waals surface area contributed by atoms with Crippen molar-refractivity contribution in [3.63, 3.8) is 0 Å². The highest BCUT2D eigenvalue weighted by molar-refractivity contribution is 5.85. The molecule has 2 amide bonds. The standard InChI is InChI=1S/C5H6N4O.ClH/c6-4(10)9-5-7-2-1-3-8-5;/h1-3H,(H3,6,7,8,9,10);1H. The number of rotatable bonds is 1. The van der Waals surface area contributed by atoms with Crippen LogP contribution in [0.4, 0.5) is 10.7 Å². The summed E-state index contributed by atoms with van der Waals surface area (Å²) < 4.78 is 0. The number of aromatic nitrogens is 2. The molecular formula is C5H7ClN4O. The first-order valence-electron chi connectivity index (χ1n) is 2.62. The molecule has 1 aromatic rings. The lowest BCUT2D eigenvalue weighted by molar-refractivity contribution is 0.259. The molecule has 1 rings (SSSR count). The Morgan fingerprint density at radius 1 is 1.45 bits per heavy atom. The molecule has 60 valence electrons. The lowest BCUT2D eigenvalue weighted by Crippen LogP contribution is -2.20. The van der Waals surface area contributed by atoms with Gasteiger partial charge in [-0.15, -0.1) is 12.4 Å². The predicted octanol–water partition coefficient (Wildman–Crippen LogP) is 0.389. The molecule has 0 saturated heterocycles. The SMILES string of the molecule is Cl.NC(=O)Nc1ncccn1. The lowest BCUT2D eigenvalue weighted by Gasteiger charge is -1.95. The number of nitrogens with zero attached hydrogens (tertiary/aromatic N) is 2. The van der Waals surface area contributed by atoms with Crippen LogP contribution < -0.4 is 11.1 Å². The number of nitrogens with one attached hydrogen (secondary N) is 1. The Labute approximate surface area is 69.4 Å². The number of halogens is 1. The highest BCUT2D eigenvalue weighted by atomic mass is 35.5. The first-order chi connectivity index (χ1) is 4.79. The molecule has 11 heavy (non-hydrogen) atoms. The maximum absolute atomic E-state index is 10.2. The fourth-order valence-corrected chi connectivity index (χ4v) is 0.474. The van der Waals surface area contributed by atoms with Crippen LogP contribution in [0.5, 0.6) is 0 Å². The van der Waals surface area contributed by atoms with Crippen LogP contribution in [0.2, 0.25) is 0 Å². The van der Waals surface area contributed by atoms with E-state index in [1.54, 1.807) is 6.07 Å². The number of hydrogen-bond donors (Lipinski definition) is 2. The molecule has 0 bridgehead atoms. The summed E-state index contributed by atoms with van der Waals surface area (Å²) in [6.07, 6.45) is 3.02. The van der Waals surface area contributed by atoms with Crippen LogP contribution in [0.1, 0.15) is 0 Å². The molecule has 0 aliphatic carbocycles. The molecule has 0 aliphatic heterocycles. The molecule has 0 radical (unpaired) electrons. The molecule has 1 heterocycles. The van der Waals surface area contributed by atoms with Gasteiger partial charge in [-0.25, -0.2) is 14.8 Å². The van der Waals surface area contributed by atoms with Crippen molar-refractivity contribution in [1.29, 1.82) is 0 Å². The zero-order valence-electron chi connectivity index (χ0n) is 5.52. The second kappa shape index (κ2) is 4.45. The number of amides is 2. The van der Waals surface area contributed by atoms with Gasteiger partial charge in [-0.05, 0) is 6.07 Å². The average molecular weight is 175 g/mol. The van der Waals surface area contributed by atoms with E-state index in [2.05, 4.69) is 15.3 Å². The van der Waals surface area contributed by atoms with Gasteiger partial charge >= 0.3 is 6.03 Å². The fourth-order valence-electron chi connectivity index (χ4n) is 0.474. The predicted molar refractivity (Wildman–Crippen MR) is 42.5 cm³/mol. The second-order valence-corrected chi connectivity index (χ2v) is 1.56. The number of carbonyl (C=O) groups excluding carboxylic acids is 1. The normalized spacial score (nSPS) is 8.00. The Hall–Kier alpha value is -1.36. The van der Waals surface area contributed by atoms with Crippen molar-refractivity contribution in [2.24, 2.45) is 5.73 Å². The summed E-state index contributed by atoms with van der Waals surface area (Å²) in [5.41, 5.74) is 4.79. The van der Waals surface area contributed by atoms with E-state index in [-0.39, 0.29) is 18.4 Å². The van der Waals surface area contributed by atoms with Crippen molar-refractivity contribution < 1.29 is 4.79 Å². The van der Waals surface area contributed by atoms with Gasteiger partial charge in [0, 0.05) is 12.4 Å². The first-order valence-corrected chi connectivity index (χ1v) is 2.62. The third-order valence-corrected chi connectivity index (χ3v) is 0.801. The number of nitrogens with two attached hydrogens (primary N) is 1. The van der Waals surface area contributed by atoms with E-state index >= 15 is 0 Å². The van der Waals surface area contributed by atoms with Crippen molar-refractivity contribution in [2.75, 3.05) is 5.32 Å². The molecule has 3 N–H and O–H groups in total. The van der Waals surface area contributed by atoms with E-state index in [4.69, 9.17) is 5.73 Å². The van der Waals surface area contributed by atoms with Gasteiger partial charge in [0.2, 0.25) is 5.95 Å². The van der Waals surface area contributed by atoms with E-state index in [9.17, 15) is 4.79 Å². The third-order valence-electron chi connectivity index (χ3n) is 0.801. The molecule has 0 fully saturated rings. The number of primary amides is 1. The van der Waals surface area contributed by atoms with E-state index in [1.165, 1.54) is 12.4 Å². The summed E-state index contributed by atoms with van der Waals surface area (Å²) in [4.78, 5) is 17.6. The molecule has 0 spiro atoms. The largest absolute Gasteiger partial charge is 0.351 e. The first kappa shape index (κ1) is 9.64. The summed E-state index contributed by atoms with van der Waals surface area (Å²) in [5.74, 6) is 0.218. The molecule has 0 aromatic carbocycles. The zero-order valence-corrected chi connectivity index (χ0v) is 6.34. The molecule has 1 aromatic heterocycles. The number of anilines is 1. The Bertz CT molecular complexity index is 227. The summed E-state index contributed by atoms with van der Waals surface area (Å²) >= 11 is 0. The number of hydrogen-bond acceptors (Lipinski definition) is 3. The fraction of sp³-hybridized carbons (Fsp3) is 0. The molecule has 0 saturated carbocycles. The third kappa shape index (κ3) is 3.36. The molecule has 0 aliphatic rings. The van der Waals surface area contributed by atoms with Gasteiger partial charge in [0.1, 0.15) is 0 Å². The van der Waals surface area contributed by atoms with Crippen molar-refractivity contribution in [2.45, 2.75) is 0 Å². The minimum Gasteiger partial charge on any atom is -0.351 e. The second-order valence-electron chi connectivity index (χ2n) is 1.56. The van der Waals surface area contributed by atoms with Crippen LogP contribution in [-0.4, -0.2) is 16.0 Å². The quantitative estimate of drug-likeness (QED) is 0.646. The molecule has 6 heteroatoms. The summed E-state index contributed by atoms with van der Waals surface area (Å²) in [6.45, 7) is 0. The van der Waals surface area contributed by atoms with Gasteiger partial charge in [0.15, 0.2) is 0 Å². The maximum atomic E-state index is 10.2. The smallest absolute Gasteiger partial charge is 0.319 e. The number of urea groups is 1. The van der Waals surface area contributed by atoms with Gasteiger partial charge < -0.3 is 5.73 Å². The van der Waals surface area contributed by atoms with Crippen molar-refractivity contribution in [1.82, 2.24) is 9.97 Å². The van der Waals surface area contributed by atoms with Gasteiger partial charge in [0.25, 0.3) is 0 Å². The molecule has 5 nitrogen and oxygen atoms in total. The van der Waals surface area contributed by atoms with Crippen molar-refractivity contribution in [3.05, 3.63) is 18.5 Å². The van der Waals surface area contributed by atoms with Crippen LogP contribution in [0, 0.1) is 0 Å². The lowest BCUT2D eigenvalue weighted by atomic mass is 10.7. The van der Waals surface area contributed by atoms with Crippen molar-refractivity contribution >= 4 is 24.4 Å². The Morgan fingerprint density at radius 2 is 2.00 bits per heavy atom. The zero-order chi connectivity index (χ0) is 7.40. The summed E-state index contributed by atoms with van der Waals surface area (Å²) in [6, 6.07) is 0.984. The van der Waals surface area contributed by atoms with Crippen LogP contribution in [-0.2, 0) is 0 Å². The monoisotopic (exact) mass is 174 g/mol. The van der Waals surface area contributed by atoms with E-state index in [0.717, 1.165) is 0 Å². The molecule has 0 unspecified atom stereocenters. The van der Waals surface area contributed by atoms with Crippen LogP contribution >= 0.6 is 12.4 Å². The minimum absolute atomic E-state index is 0. The van der Waals surface area contributed by atoms with E-state index in [0.29, 0.717) is 0 Å². The summed E-state index contributed by atoms with van der Waals surface area (Å²) in [7, 11) is 0. The number of carbonyl (C=O) groups is 1. The highest BCUT2D eigenvalue weighted by Crippen LogP contribution is 1.91. The van der Waals surface area contributed by atoms with Crippen LogP contribution in [0.25, 0.3) is 0 Å². The van der Waals surface area contributed by atoms with Gasteiger partial charge in [-0.3, -0.25) is 5.32 Å². The van der Waals surface area contributed by atoms with E-state index in [1.807, 2.05) is 0 Å². The maximum Gasteiger partial charge on any atom is 0.319 e.